The maximum atomic E-state index is 5.65. The van der Waals surface area contributed by atoms with Crippen molar-refractivity contribution in [1.29, 1.82) is 0 Å². The Morgan fingerprint density at radius 3 is 2.71 bits per heavy atom. The monoisotopic (exact) mass is 192 g/mol. The molecule has 2 rings (SSSR count). The minimum atomic E-state index is 0.532. The summed E-state index contributed by atoms with van der Waals surface area (Å²) in [4.78, 5) is 3.90. The van der Waals surface area contributed by atoms with Crippen LogP contribution in [0.5, 0.6) is 0 Å². The molecule has 0 radical (unpaired) electrons. The molecule has 14 heavy (non-hydrogen) atoms. The highest BCUT2D eigenvalue weighted by atomic mass is 15.2. The smallest absolute Gasteiger partial charge is 0.151 e. The molecule has 0 aliphatic carbocycles. The second-order valence-electron chi connectivity index (χ2n) is 2.62. The average molecular weight is 192 g/mol. The molecule has 2 heterocycles. The van der Waals surface area contributed by atoms with Crippen LogP contribution in [0.15, 0.2) is 18.5 Å². The number of aromatic nitrogens is 3. The van der Waals surface area contributed by atoms with E-state index >= 15 is 0 Å². The Labute approximate surface area is 83.8 Å². The predicted molar refractivity (Wildman–Crippen MR) is 58.1 cm³/mol. The van der Waals surface area contributed by atoms with E-state index in [4.69, 9.17) is 5.73 Å². The summed E-state index contributed by atoms with van der Waals surface area (Å²) in [5, 5.41) is 4.10. The number of nitrogens with two attached hydrogens (primary N) is 1. The molecule has 0 fully saturated rings. The number of anilines is 1. The van der Waals surface area contributed by atoms with E-state index < -0.39 is 0 Å². The number of hydrogen-bond donors (Lipinski definition) is 1. The van der Waals surface area contributed by atoms with Gasteiger partial charge < -0.3 is 5.73 Å². The lowest BCUT2D eigenvalue weighted by atomic mass is 10.3. The Hall–Kier alpha value is -1.58. The van der Waals surface area contributed by atoms with Crippen LogP contribution in [0, 0.1) is 0 Å². The van der Waals surface area contributed by atoms with Gasteiger partial charge in [-0.1, -0.05) is 20.8 Å². The fraction of sp³-hybridized carbons (Fsp3) is 0.400. The van der Waals surface area contributed by atoms with Crippen LogP contribution in [0.3, 0.4) is 0 Å². The van der Waals surface area contributed by atoms with Gasteiger partial charge >= 0.3 is 0 Å². The van der Waals surface area contributed by atoms with Crippen LogP contribution in [-0.2, 0) is 6.42 Å². The Kier molecular flexibility index (Phi) is 3.45. The first-order chi connectivity index (χ1) is 6.83. The molecular formula is C10H16N4. The summed E-state index contributed by atoms with van der Waals surface area (Å²) < 4.78 is 1.82. The van der Waals surface area contributed by atoms with Crippen LogP contribution >= 0.6 is 0 Å². The minimum absolute atomic E-state index is 0.532. The molecule has 0 aliphatic rings. The largest absolute Gasteiger partial charge is 0.382 e. The summed E-state index contributed by atoms with van der Waals surface area (Å²) in [5.74, 6) is 0.532. The van der Waals surface area contributed by atoms with Crippen molar-refractivity contribution in [2.75, 3.05) is 5.73 Å². The molecule has 0 aromatic carbocycles. The Morgan fingerprint density at radius 1 is 1.36 bits per heavy atom. The quantitative estimate of drug-likeness (QED) is 0.750. The zero-order valence-corrected chi connectivity index (χ0v) is 8.86. The second kappa shape index (κ2) is 4.60. The maximum Gasteiger partial charge on any atom is 0.151 e. The van der Waals surface area contributed by atoms with E-state index in [1.54, 1.807) is 0 Å². The van der Waals surface area contributed by atoms with Crippen molar-refractivity contribution in [2.24, 2.45) is 0 Å². The number of fused-ring (bicyclic) bond motifs is 1. The van der Waals surface area contributed by atoms with E-state index in [1.807, 2.05) is 30.5 Å². The summed E-state index contributed by atoms with van der Waals surface area (Å²) in [6.07, 6.45) is 2.42. The minimum Gasteiger partial charge on any atom is -0.382 e. The molecule has 4 heteroatoms. The van der Waals surface area contributed by atoms with Gasteiger partial charge in [0, 0.05) is 5.69 Å². The first kappa shape index (κ1) is 10.5. The summed E-state index contributed by atoms with van der Waals surface area (Å²) >= 11 is 0. The van der Waals surface area contributed by atoms with E-state index in [-0.39, 0.29) is 0 Å². The van der Waals surface area contributed by atoms with Crippen molar-refractivity contribution >= 4 is 11.3 Å². The van der Waals surface area contributed by atoms with Gasteiger partial charge in [0.05, 0.1) is 0 Å². The van der Waals surface area contributed by atoms with Crippen LogP contribution < -0.4 is 5.73 Å². The maximum absolute atomic E-state index is 5.65. The molecule has 0 atom stereocenters. The topological polar surface area (TPSA) is 56.2 Å². The van der Waals surface area contributed by atoms with Crippen molar-refractivity contribution in [1.82, 2.24) is 14.6 Å². The van der Waals surface area contributed by atoms with Crippen molar-refractivity contribution in [2.45, 2.75) is 27.2 Å². The Balaban J connectivity index is 0.000000461. The second-order valence-corrected chi connectivity index (χ2v) is 2.62. The van der Waals surface area contributed by atoms with Crippen LogP contribution in [0.4, 0.5) is 5.82 Å². The number of nitrogens with zero attached hydrogens (tertiary/aromatic N) is 3. The van der Waals surface area contributed by atoms with Gasteiger partial charge in [0.2, 0.25) is 0 Å². The summed E-state index contributed by atoms with van der Waals surface area (Å²) in [5.41, 5.74) is 7.69. The molecule has 0 unspecified atom stereocenters. The van der Waals surface area contributed by atoms with Gasteiger partial charge in [-0.15, -0.1) is 0 Å². The van der Waals surface area contributed by atoms with Gasteiger partial charge in [-0.05, 0) is 18.6 Å². The molecule has 0 amide bonds. The lowest BCUT2D eigenvalue weighted by Crippen LogP contribution is -2.00. The molecular weight excluding hydrogens is 176 g/mol. The van der Waals surface area contributed by atoms with E-state index in [9.17, 15) is 0 Å². The van der Waals surface area contributed by atoms with Gasteiger partial charge in [-0.3, -0.25) is 0 Å². The lowest BCUT2D eigenvalue weighted by molar-refractivity contribution is 0.841. The van der Waals surface area contributed by atoms with Crippen LogP contribution in [0.25, 0.3) is 5.52 Å². The third-order valence-electron chi connectivity index (χ3n) is 1.92. The highest BCUT2D eigenvalue weighted by Gasteiger charge is 2.02. The van der Waals surface area contributed by atoms with Gasteiger partial charge in [-0.25, -0.2) is 9.50 Å². The molecule has 0 saturated carbocycles. The molecule has 0 spiro atoms. The molecule has 0 saturated heterocycles. The fourth-order valence-electron chi connectivity index (χ4n) is 1.27. The van der Waals surface area contributed by atoms with Crippen LogP contribution in [0.2, 0.25) is 0 Å². The van der Waals surface area contributed by atoms with E-state index in [0.717, 1.165) is 17.6 Å². The van der Waals surface area contributed by atoms with Gasteiger partial charge in [0.15, 0.2) is 5.82 Å². The predicted octanol–water partition coefficient (Wildman–Crippen LogP) is 1.90. The molecule has 0 aliphatic heterocycles. The van der Waals surface area contributed by atoms with Crippen molar-refractivity contribution in [3.63, 3.8) is 0 Å². The summed E-state index contributed by atoms with van der Waals surface area (Å²) in [6.45, 7) is 6.08. The Bertz CT molecular complexity index is 405. The molecule has 4 nitrogen and oxygen atoms in total. The SMILES string of the molecule is CC.CCc1ccc2c(N)ncnn12. The molecule has 2 aromatic heterocycles. The van der Waals surface area contributed by atoms with E-state index in [1.165, 1.54) is 6.33 Å². The standard InChI is InChI=1S/C8H10N4.C2H6/c1-2-6-3-4-7-8(9)10-5-11-12(6)7;1-2/h3-5H,2H2,1H3,(H2,9,10,11);1-2H3. The molecule has 2 aromatic rings. The lowest BCUT2D eigenvalue weighted by Gasteiger charge is -1.98. The zero-order chi connectivity index (χ0) is 10.6. The number of aryl methyl sites for hydroxylation is 1. The van der Waals surface area contributed by atoms with Gasteiger partial charge in [0.25, 0.3) is 0 Å². The van der Waals surface area contributed by atoms with Crippen LogP contribution in [0.1, 0.15) is 26.5 Å². The van der Waals surface area contributed by atoms with Crippen molar-refractivity contribution in [3.05, 3.63) is 24.2 Å². The van der Waals surface area contributed by atoms with E-state index in [2.05, 4.69) is 17.0 Å². The van der Waals surface area contributed by atoms with Crippen molar-refractivity contribution < 1.29 is 0 Å². The van der Waals surface area contributed by atoms with Gasteiger partial charge in [0.1, 0.15) is 11.8 Å². The summed E-state index contributed by atoms with van der Waals surface area (Å²) in [7, 11) is 0. The fourth-order valence-corrected chi connectivity index (χ4v) is 1.27. The van der Waals surface area contributed by atoms with E-state index in [0.29, 0.717) is 5.82 Å². The van der Waals surface area contributed by atoms with Crippen LogP contribution in [-0.4, -0.2) is 14.6 Å². The highest BCUT2D eigenvalue weighted by molar-refractivity contribution is 5.65. The molecule has 76 valence electrons. The zero-order valence-electron chi connectivity index (χ0n) is 8.86. The third-order valence-corrected chi connectivity index (χ3v) is 1.92. The highest BCUT2D eigenvalue weighted by Crippen LogP contribution is 2.12. The number of rotatable bonds is 1. The van der Waals surface area contributed by atoms with Gasteiger partial charge in [-0.2, -0.15) is 5.10 Å². The number of hydrogen-bond acceptors (Lipinski definition) is 3. The number of nitrogen functional groups attached to an aromatic ring is 1. The van der Waals surface area contributed by atoms with Crippen molar-refractivity contribution in [3.8, 4) is 0 Å². The first-order valence-electron chi connectivity index (χ1n) is 4.90. The third kappa shape index (κ3) is 1.69. The first-order valence-corrected chi connectivity index (χ1v) is 4.90. The Morgan fingerprint density at radius 2 is 2.07 bits per heavy atom. The molecule has 0 bridgehead atoms. The average Bonchev–Trinajstić information content (AvgIpc) is 2.65. The normalized spacial score (nSPS) is 9.64. The molecule has 2 N–H and O–H groups in total. The summed E-state index contributed by atoms with van der Waals surface area (Å²) in [6, 6.07) is 3.95.